The van der Waals surface area contributed by atoms with Crippen LogP contribution in [0.15, 0.2) is 54.6 Å². The number of aliphatic carboxylic acids is 1. The first-order chi connectivity index (χ1) is 16.0. The lowest BCUT2D eigenvalue weighted by atomic mass is 9.98. The number of benzene rings is 2. The molecule has 33 heavy (non-hydrogen) atoms. The minimum absolute atomic E-state index is 0.0710. The number of alkyl carbamates (subject to hydrolysis) is 1. The number of carboxylic acid groups (broad SMARTS) is 1. The molecule has 4 rings (SSSR count). The second-order valence-electron chi connectivity index (χ2n) is 7.97. The van der Waals surface area contributed by atoms with Crippen LogP contribution in [0.1, 0.15) is 35.4 Å². The highest BCUT2D eigenvalue weighted by molar-refractivity contribution is 7.98. The Hall–Kier alpha value is -3.26. The molecule has 1 aliphatic rings. The first-order valence-electron chi connectivity index (χ1n) is 10.9. The van der Waals surface area contributed by atoms with Gasteiger partial charge in [0.05, 0.1) is 5.69 Å². The standard InChI is InChI=1S/C25H27N3O4S/c1-3-28-17(12-16(2)27-28)14-33-15-23(24(29)30)26-25(31)32-13-22-20-10-6-4-8-18(20)19-9-5-7-11-21(19)22/h4-12,22-23H,3,13-15H2,1-2H3,(H,26,31)(H,29,30). The summed E-state index contributed by atoms with van der Waals surface area (Å²) in [6, 6.07) is 17.1. The second kappa shape index (κ2) is 10.1. The summed E-state index contributed by atoms with van der Waals surface area (Å²) < 4.78 is 7.39. The van der Waals surface area contributed by atoms with Gasteiger partial charge in [-0.05, 0) is 42.2 Å². The van der Waals surface area contributed by atoms with Gasteiger partial charge in [0.2, 0.25) is 0 Å². The van der Waals surface area contributed by atoms with Crippen LogP contribution in [0.2, 0.25) is 0 Å². The van der Waals surface area contributed by atoms with E-state index in [2.05, 4.69) is 22.5 Å². The number of rotatable bonds is 9. The average molecular weight is 466 g/mol. The number of fused-ring (bicyclic) bond motifs is 3. The van der Waals surface area contributed by atoms with E-state index in [1.165, 1.54) is 11.8 Å². The normalized spacial score (nSPS) is 13.3. The van der Waals surface area contributed by atoms with Gasteiger partial charge in [-0.3, -0.25) is 4.68 Å². The van der Waals surface area contributed by atoms with Crippen molar-refractivity contribution in [2.24, 2.45) is 0 Å². The Kier molecular flexibility index (Phi) is 7.03. The van der Waals surface area contributed by atoms with Crippen molar-refractivity contribution in [3.05, 3.63) is 77.1 Å². The van der Waals surface area contributed by atoms with Gasteiger partial charge in [-0.15, -0.1) is 0 Å². The molecule has 0 bridgehead atoms. The number of carbonyl (C=O) groups is 2. The summed E-state index contributed by atoms with van der Waals surface area (Å²) in [5.41, 5.74) is 6.47. The van der Waals surface area contributed by atoms with E-state index in [4.69, 9.17) is 4.74 Å². The zero-order chi connectivity index (χ0) is 23.4. The highest BCUT2D eigenvalue weighted by Gasteiger charge is 2.29. The lowest BCUT2D eigenvalue weighted by Gasteiger charge is -2.17. The predicted molar refractivity (Wildman–Crippen MR) is 128 cm³/mol. The summed E-state index contributed by atoms with van der Waals surface area (Å²) in [5.74, 6) is -0.312. The van der Waals surface area contributed by atoms with Crippen LogP contribution >= 0.6 is 11.8 Å². The minimum Gasteiger partial charge on any atom is -0.480 e. The van der Waals surface area contributed by atoms with Crippen LogP contribution in [0.4, 0.5) is 4.79 Å². The molecule has 1 heterocycles. The SMILES string of the molecule is CCn1nc(C)cc1CSCC(NC(=O)OCC1c2ccccc2-c2ccccc21)C(=O)O. The van der Waals surface area contributed by atoms with Crippen molar-refractivity contribution < 1.29 is 19.4 Å². The number of nitrogens with one attached hydrogen (secondary N) is 1. The molecule has 2 N–H and O–H groups in total. The van der Waals surface area contributed by atoms with Crippen LogP contribution in [0.3, 0.4) is 0 Å². The van der Waals surface area contributed by atoms with Crippen LogP contribution in [0.25, 0.3) is 11.1 Å². The third-order valence-electron chi connectivity index (χ3n) is 5.75. The molecule has 0 saturated heterocycles. The zero-order valence-corrected chi connectivity index (χ0v) is 19.5. The van der Waals surface area contributed by atoms with Crippen LogP contribution in [-0.2, 0) is 21.8 Å². The Labute approximate surface area is 197 Å². The van der Waals surface area contributed by atoms with Gasteiger partial charge in [0.1, 0.15) is 12.6 Å². The largest absolute Gasteiger partial charge is 0.480 e. The molecule has 0 fully saturated rings. The smallest absolute Gasteiger partial charge is 0.407 e. The van der Waals surface area contributed by atoms with Crippen molar-refractivity contribution in [1.29, 1.82) is 0 Å². The lowest BCUT2D eigenvalue weighted by molar-refractivity contribution is -0.138. The highest BCUT2D eigenvalue weighted by Crippen LogP contribution is 2.44. The van der Waals surface area contributed by atoms with Crippen molar-refractivity contribution in [3.63, 3.8) is 0 Å². The molecule has 1 atom stereocenters. The van der Waals surface area contributed by atoms with E-state index < -0.39 is 18.1 Å². The van der Waals surface area contributed by atoms with Crippen LogP contribution < -0.4 is 5.32 Å². The topological polar surface area (TPSA) is 93.5 Å². The third kappa shape index (κ3) is 5.06. The fourth-order valence-electron chi connectivity index (χ4n) is 4.23. The number of nitrogens with zero attached hydrogens (tertiary/aromatic N) is 2. The van der Waals surface area contributed by atoms with E-state index in [0.717, 1.165) is 40.2 Å². The van der Waals surface area contributed by atoms with Gasteiger partial charge < -0.3 is 15.2 Å². The summed E-state index contributed by atoms with van der Waals surface area (Å²) in [5, 5.41) is 16.5. The molecule has 2 aromatic carbocycles. The second-order valence-corrected chi connectivity index (χ2v) is 9.00. The molecular weight excluding hydrogens is 438 g/mol. The Morgan fingerprint density at radius 3 is 2.39 bits per heavy atom. The fraction of sp³-hybridized carbons (Fsp3) is 0.320. The van der Waals surface area contributed by atoms with Crippen LogP contribution in [0.5, 0.6) is 0 Å². The van der Waals surface area contributed by atoms with E-state index in [1.807, 2.05) is 61.0 Å². The number of carboxylic acids is 1. The Bertz CT molecular complexity index is 1110. The number of hydrogen-bond acceptors (Lipinski definition) is 5. The summed E-state index contributed by atoms with van der Waals surface area (Å²) in [6.07, 6.45) is -0.723. The summed E-state index contributed by atoms with van der Waals surface area (Å²) >= 11 is 1.44. The van der Waals surface area contributed by atoms with Crippen LogP contribution in [-0.4, -0.2) is 45.4 Å². The summed E-state index contributed by atoms with van der Waals surface area (Å²) in [6.45, 7) is 4.84. The molecule has 1 aliphatic carbocycles. The maximum Gasteiger partial charge on any atom is 0.407 e. The molecular formula is C25H27N3O4S. The number of ether oxygens (including phenoxy) is 1. The van der Waals surface area contributed by atoms with Gasteiger partial charge in [0.25, 0.3) is 0 Å². The van der Waals surface area contributed by atoms with Crippen molar-refractivity contribution in [2.45, 2.75) is 38.1 Å². The van der Waals surface area contributed by atoms with E-state index >= 15 is 0 Å². The van der Waals surface area contributed by atoms with Gasteiger partial charge in [-0.25, -0.2) is 9.59 Å². The monoisotopic (exact) mass is 465 g/mol. The van der Waals surface area contributed by atoms with Gasteiger partial charge in [0, 0.05) is 29.7 Å². The summed E-state index contributed by atoms with van der Waals surface area (Å²) in [7, 11) is 0. The van der Waals surface area contributed by atoms with Crippen LogP contribution in [0, 0.1) is 6.92 Å². The molecule has 8 heteroatoms. The molecule has 0 spiro atoms. The Morgan fingerprint density at radius 1 is 1.15 bits per heavy atom. The molecule has 3 aromatic rings. The summed E-state index contributed by atoms with van der Waals surface area (Å²) in [4.78, 5) is 24.1. The van der Waals surface area contributed by atoms with E-state index in [1.54, 1.807) is 0 Å². The molecule has 7 nitrogen and oxygen atoms in total. The van der Waals surface area contributed by atoms with E-state index in [9.17, 15) is 14.7 Å². The first kappa shape index (κ1) is 22.9. The maximum absolute atomic E-state index is 12.5. The van der Waals surface area contributed by atoms with E-state index in [0.29, 0.717) is 5.75 Å². The van der Waals surface area contributed by atoms with Gasteiger partial charge in [-0.1, -0.05) is 48.5 Å². The number of thioether (sulfide) groups is 1. The van der Waals surface area contributed by atoms with Crippen molar-refractivity contribution in [2.75, 3.05) is 12.4 Å². The Morgan fingerprint density at radius 2 is 1.79 bits per heavy atom. The molecule has 172 valence electrons. The number of carbonyl (C=O) groups excluding carboxylic acids is 1. The molecule has 1 aromatic heterocycles. The number of aromatic nitrogens is 2. The molecule has 1 amide bonds. The van der Waals surface area contributed by atoms with E-state index in [-0.39, 0.29) is 18.3 Å². The van der Waals surface area contributed by atoms with Gasteiger partial charge >= 0.3 is 12.1 Å². The molecule has 0 aliphatic heterocycles. The average Bonchev–Trinajstić information content (AvgIpc) is 3.34. The minimum atomic E-state index is -1.09. The number of aryl methyl sites for hydroxylation is 2. The van der Waals surface area contributed by atoms with Crippen molar-refractivity contribution >= 4 is 23.8 Å². The quantitative estimate of drug-likeness (QED) is 0.485. The lowest BCUT2D eigenvalue weighted by Crippen LogP contribution is -2.43. The zero-order valence-electron chi connectivity index (χ0n) is 18.7. The van der Waals surface area contributed by atoms with Crippen molar-refractivity contribution in [3.8, 4) is 11.1 Å². The first-order valence-corrected chi connectivity index (χ1v) is 12.1. The molecule has 0 radical (unpaired) electrons. The maximum atomic E-state index is 12.5. The van der Waals surface area contributed by atoms with Crippen molar-refractivity contribution in [1.82, 2.24) is 15.1 Å². The third-order valence-corrected chi connectivity index (χ3v) is 6.82. The predicted octanol–water partition coefficient (Wildman–Crippen LogP) is 4.44. The Balaban J connectivity index is 1.34. The van der Waals surface area contributed by atoms with Gasteiger partial charge in [0.15, 0.2) is 0 Å². The number of hydrogen-bond donors (Lipinski definition) is 2. The molecule has 0 saturated carbocycles. The number of amides is 1. The van der Waals surface area contributed by atoms with Gasteiger partial charge in [-0.2, -0.15) is 16.9 Å². The highest BCUT2D eigenvalue weighted by atomic mass is 32.2. The molecule has 1 unspecified atom stereocenters. The fourth-order valence-corrected chi connectivity index (χ4v) is 5.25.